The largest absolute Gasteiger partial charge is 0.354 e. The fraction of sp³-hybridized carbons (Fsp3) is 0.286. The van der Waals surface area contributed by atoms with Crippen molar-refractivity contribution in [2.45, 2.75) is 44.2 Å². The van der Waals surface area contributed by atoms with Crippen LogP contribution in [-0.2, 0) is 22.6 Å². The molecular weight excluding hydrogens is 508 g/mol. The lowest BCUT2D eigenvalue weighted by Crippen LogP contribution is -2.51. The zero-order valence-corrected chi connectivity index (χ0v) is 22.1. The lowest BCUT2D eigenvalue weighted by molar-refractivity contribution is -0.139. The van der Waals surface area contributed by atoms with Gasteiger partial charge in [-0.3, -0.25) is 9.59 Å². The summed E-state index contributed by atoms with van der Waals surface area (Å²) >= 11 is 5.02. The van der Waals surface area contributed by atoms with E-state index in [2.05, 4.69) is 21.2 Å². The topological polar surface area (TPSA) is 49.4 Å². The first-order valence-electron chi connectivity index (χ1n) is 11.5. The molecular formula is C28H31BrN2O2S. The highest BCUT2D eigenvalue weighted by Crippen LogP contribution is 2.22. The molecule has 0 radical (unpaired) electrons. The van der Waals surface area contributed by atoms with Gasteiger partial charge in [0.05, 0.1) is 5.75 Å². The predicted octanol–water partition coefficient (Wildman–Crippen LogP) is 6.02. The fourth-order valence-electron chi connectivity index (χ4n) is 3.61. The van der Waals surface area contributed by atoms with E-state index in [-0.39, 0.29) is 17.6 Å². The quantitative estimate of drug-likeness (QED) is 0.304. The van der Waals surface area contributed by atoms with Gasteiger partial charge < -0.3 is 10.2 Å². The highest BCUT2D eigenvalue weighted by atomic mass is 79.9. The van der Waals surface area contributed by atoms with E-state index in [0.29, 0.717) is 19.5 Å². The van der Waals surface area contributed by atoms with Gasteiger partial charge in [0.15, 0.2) is 0 Å². The van der Waals surface area contributed by atoms with E-state index in [9.17, 15) is 9.59 Å². The molecule has 3 rings (SSSR count). The zero-order chi connectivity index (χ0) is 24.3. The second-order valence-corrected chi connectivity index (χ2v) is 10.2. The molecule has 0 spiro atoms. The summed E-state index contributed by atoms with van der Waals surface area (Å²) in [6.45, 7) is 5.02. The lowest BCUT2D eigenvalue weighted by Gasteiger charge is -2.31. The molecule has 0 bridgehead atoms. The van der Waals surface area contributed by atoms with Crippen LogP contribution in [0.4, 0.5) is 0 Å². The van der Waals surface area contributed by atoms with Crippen LogP contribution in [0.1, 0.15) is 30.0 Å². The smallest absolute Gasteiger partial charge is 0.243 e. The summed E-state index contributed by atoms with van der Waals surface area (Å²) in [5.74, 6) is 0.0937. The number of nitrogens with one attached hydrogen (secondary N) is 1. The number of carbonyl (C=O) groups is 2. The molecule has 4 nitrogen and oxygen atoms in total. The van der Waals surface area contributed by atoms with Gasteiger partial charge in [-0.1, -0.05) is 83.0 Å². The van der Waals surface area contributed by atoms with Crippen molar-refractivity contribution < 1.29 is 9.59 Å². The van der Waals surface area contributed by atoms with Crippen LogP contribution in [0.25, 0.3) is 0 Å². The highest BCUT2D eigenvalue weighted by Gasteiger charge is 2.30. The fourth-order valence-corrected chi connectivity index (χ4v) is 4.85. The molecule has 3 aromatic carbocycles. The minimum absolute atomic E-state index is 0.0573. The Bertz CT molecular complexity index is 1070. The summed E-state index contributed by atoms with van der Waals surface area (Å²) < 4.78 is 0.946. The average molecular weight is 540 g/mol. The number of thioether (sulfide) groups is 1. The van der Waals surface area contributed by atoms with Gasteiger partial charge in [-0.25, -0.2) is 0 Å². The van der Waals surface area contributed by atoms with Crippen molar-refractivity contribution in [3.8, 4) is 0 Å². The molecule has 2 amide bonds. The molecule has 0 aliphatic heterocycles. The van der Waals surface area contributed by atoms with Crippen molar-refractivity contribution in [3.63, 3.8) is 0 Å². The molecule has 1 N–H and O–H groups in total. The van der Waals surface area contributed by atoms with Crippen molar-refractivity contribution in [2.24, 2.45) is 0 Å². The first-order valence-corrected chi connectivity index (χ1v) is 13.3. The van der Waals surface area contributed by atoms with E-state index < -0.39 is 6.04 Å². The van der Waals surface area contributed by atoms with Gasteiger partial charge in [-0.15, -0.1) is 11.8 Å². The van der Waals surface area contributed by atoms with Gasteiger partial charge in [0.2, 0.25) is 11.8 Å². The van der Waals surface area contributed by atoms with Crippen molar-refractivity contribution in [3.05, 3.63) is 100 Å². The van der Waals surface area contributed by atoms with Gasteiger partial charge in [0.1, 0.15) is 6.04 Å². The number of benzene rings is 3. The number of carbonyl (C=O) groups excluding carboxylic acids is 2. The number of amides is 2. The van der Waals surface area contributed by atoms with Crippen molar-refractivity contribution in [1.82, 2.24) is 10.2 Å². The molecule has 0 saturated heterocycles. The Hall–Kier alpha value is -2.57. The Morgan fingerprint density at radius 1 is 0.971 bits per heavy atom. The summed E-state index contributed by atoms with van der Waals surface area (Å²) in [6.07, 6.45) is 1.30. The van der Waals surface area contributed by atoms with E-state index in [0.717, 1.165) is 26.9 Å². The van der Waals surface area contributed by atoms with Crippen LogP contribution in [0.15, 0.2) is 88.2 Å². The molecule has 0 aliphatic carbocycles. The maximum atomic E-state index is 13.6. The second kappa shape index (κ2) is 13.4. The molecule has 0 saturated carbocycles. The normalized spacial score (nSPS) is 11.6. The van der Waals surface area contributed by atoms with Gasteiger partial charge >= 0.3 is 0 Å². The maximum absolute atomic E-state index is 13.6. The van der Waals surface area contributed by atoms with Crippen LogP contribution in [0.3, 0.4) is 0 Å². The van der Waals surface area contributed by atoms with Crippen LogP contribution < -0.4 is 5.32 Å². The van der Waals surface area contributed by atoms with E-state index in [1.807, 2.05) is 92.7 Å². The van der Waals surface area contributed by atoms with Crippen LogP contribution in [-0.4, -0.2) is 35.1 Å². The zero-order valence-electron chi connectivity index (χ0n) is 19.7. The monoisotopic (exact) mass is 538 g/mol. The first kappa shape index (κ1) is 26.0. The third-order valence-corrected chi connectivity index (χ3v) is 6.94. The molecule has 6 heteroatoms. The summed E-state index contributed by atoms with van der Waals surface area (Å²) in [5.41, 5.74) is 3.18. The van der Waals surface area contributed by atoms with Crippen LogP contribution in [0.5, 0.6) is 0 Å². The van der Waals surface area contributed by atoms with Crippen molar-refractivity contribution in [2.75, 3.05) is 12.3 Å². The third kappa shape index (κ3) is 8.03. The van der Waals surface area contributed by atoms with Crippen LogP contribution >= 0.6 is 27.7 Å². The molecule has 178 valence electrons. The Balaban J connectivity index is 1.88. The number of halogens is 1. The van der Waals surface area contributed by atoms with Crippen molar-refractivity contribution >= 4 is 39.5 Å². The van der Waals surface area contributed by atoms with Gasteiger partial charge in [-0.05, 0) is 48.7 Å². The first-order chi connectivity index (χ1) is 16.5. The standard InChI is InChI=1S/C28H31BrN2O2S/c1-3-16-30-28(33)26(18-22-8-5-4-6-9-22)31(19-23-10-7-11-24(29)17-23)27(32)20-34-25-14-12-21(2)13-15-25/h4-15,17,26H,3,16,18-20H2,1-2H3,(H,30,33)/t26-/m0/s1. The Kier molecular flexibility index (Phi) is 10.2. The van der Waals surface area contributed by atoms with E-state index in [1.54, 1.807) is 4.90 Å². The molecule has 0 aromatic heterocycles. The Labute approximate surface area is 215 Å². The molecule has 0 heterocycles. The van der Waals surface area contributed by atoms with Gasteiger partial charge in [0, 0.05) is 28.9 Å². The van der Waals surface area contributed by atoms with Gasteiger partial charge in [0.25, 0.3) is 0 Å². The predicted molar refractivity (Wildman–Crippen MR) is 144 cm³/mol. The van der Waals surface area contributed by atoms with E-state index >= 15 is 0 Å². The van der Waals surface area contributed by atoms with E-state index in [1.165, 1.54) is 17.3 Å². The highest BCUT2D eigenvalue weighted by molar-refractivity contribution is 9.10. The number of nitrogens with zero attached hydrogens (tertiary/aromatic N) is 1. The summed E-state index contributed by atoms with van der Waals surface area (Å²) in [6, 6.07) is 25.3. The van der Waals surface area contributed by atoms with Crippen LogP contribution in [0.2, 0.25) is 0 Å². The summed E-state index contributed by atoms with van der Waals surface area (Å²) in [4.78, 5) is 29.7. The molecule has 0 aliphatic rings. The van der Waals surface area contributed by atoms with Crippen LogP contribution in [0, 0.1) is 6.92 Å². The Morgan fingerprint density at radius 2 is 1.68 bits per heavy atom. The molecule has 1 atom stereocenters. The second-order valence-electron chi connectivity index (χ2n) is 8.25. The van der Waals surface area contributed by atoms with Gasteiger partial charge in [-0.2, -0.15) is 0 Å². The molecule has 3 aromatic rings. The Morgan fingerprint density at radius 3 is 2.35 bits per heavy atom. The minimum atomic E-state index is -0.598. The maximum Gasteiger partial charge on any atom is 0.243 e. The average Bonchev–Trinajstić information content (AvgIpc) is 2.85. The SMILES string of the molecule is CCCNC(=O)[C@H](Cc1ccccc1)N(Cc1cccc(Br)c1)C(=O)CSc1ccc(C)cc1. The number of aryl methyl sites for hydroxylation is 1. The number of hydrogen-bond acceptors (Lipinski definition) is 3. The number of hydrogen-bond donors (Lipinski definition) is 1. The molecule has 0 fully saturated rings. The minimum Gasteiger partial charge on any atom is -0.354 e. The summed E-state index contributed by atoms with van der Waals surface area (Å²) in [5, 5.41) is 3.02. The molecule has 0 unspecified atom stereocenters. The molecule has 34 heavy (non-hydrogen) atoms. The summed E-state index contributed by atoms with van der Waals surface area (Å²) in [7, 11) is 0. The van der Waals surface area contributed by atoms with E-state index in [4.69, 9.17) is 0 Å². The third-order valence-electron chi connectivity index (χ3n) is 5.45. The number of rotatable bonds is 11. The lowest BCUT2D eigenvalue weighted by atomic mass is 10.0. The van der Waals surface area contributed by atoms with Crippen molar-refractivity contribution in [1.29, 1.82) is 0 Å².